The summed E-state index contributed by atoms with van der Waals surface area (Å²) in [5.74, 6) is -0.322. The number of hydrogen-bond acceptors (Lipinski definition) is 3. The Kier molecular flexibility index (Phi) is 5.51. The highest BCUT2D eigenvalue weighted by molar-refractivity contribution is 5.89. The summed E-state index contributed by atoms with van der Waals surface area (Å²) in [6.45, 7) is 0.915. The Labute approximate surface area is 151 Å². The first-order chi connectivity index (χ1) is 12.6. The molecule has 136 valence electrons. The minimum Gasteiger partial charge on any atom is -0.497 e. The number of carbonyl (C=O) groups excluding carboxylic acids is 2. The van der Waals surface area contributed by atoms with Crippen molar-refractivity contribution in [2.24, 2.45) is 5.92 Å². The molecular formula is C20H21FN2O3. The van der Waals surface area contributed by atoms with Gasteiger partial charge in [0.25, 0.3) is 0 Å². The maximum atomic E-state index is 13.6. The fourth-order valence-electron chi connectivity index (χ4n) is 3.06. The van der Waals surface area contributed by atoms with Gasteiger partial charge in [-0.25, -0.2) is 4.39 Å². The van der Waals surface area contributed by atoms with Gasteiger partial charge in [0.2, 0.25) is 11.8 Å². The highest BCUT2D eigenvalue weighted by atomic mass is 19.1. The van der Waals surface area contributed by atoms with Gasteiger partial charge in [-0.05, 0) is 23.8 Å². The van der Waals surface area contributed by atoms with Gasteiger partial charge in [-0.2, -0.15) is 0 Å². The Morgan fingerprint density at radius 2 is 2.08 bits per heavy atom. The van der Waals surface area contributed by atoms with Crippen LogP contribution < -0.4 is 10.1 Å². The maximum Gasteiger partial charge on any atom is 0.225 e. The molecule has 26 heavy (non-hydrogen) atoms. The number of hydrogen-bond donors (Lipinski definition) is 1. The van der Waals surface area contributed by atoms with E-state index in [-0.39, 0.29) is 30.6 Å². The number of halogens is 1. The van der Waals surface area contributed by atoms with Crippen molar-refractivity contribution < 1.29 is 18.7 Å². The van der Waals surface area contributed by atoms with Crippen LogP contribution in [0.1, 0.15) is 17.5 Å². The number of nitrogens with zero attached hydrogens (tertiary/aromatic N) is 1. The molecule has 0 spiro atoms. The monoisotopic (exact) mass is 356 g/mol. The lowest BCUT2D eigenvalue weighted by Gasteiger charge is -2.17. The summed E-state index contributed by atoms with van der Waals surface area (Å²) in [5, 5.41) is 2.73. The first-order valence-corrected chi connectivity index (χ1v) is 8.48. The van der Waals surface area contributed by atoms with Crippen molar-refractivity contribution in [1.29, 1.82) is 0 Å². The van der Waals surface area contributed by atoms with Gasteiger partial charge in [0, 0.05) is 31.6 Å². The average molecular weight is 356 g/mol. The van der Waals surface area contributed by atoms with Gasteiger partial charge < -0.3 is 15.0 Å². The topological polar surface area (TPSA) is 58.6 Å². The van der Waals surface area contributed by atoms with Crippen molar-refractivity contribution in [3.8, 4) is 5.75 Å². The van der Waals surface area contributed by atoms with Crippen LogP contribution in [0.25, 0.3) is 0 Å². The van der Waals surface area contributed by atoms with E-state index in [2.05, 4.69) is 5.32 Å². The largest absolute Gasteiger partial charge is 0.497 e. The van der Waals surface area contributed by atoms with Crippen molar-refractivity contribution >= 4 is 11.8 Å². The van der Waals surface area contributed by atoms with Gasteiger partial charge >= 0.3 is 0 Å². The molecule has 1 heterocycles. The predicted molar refractivity (Wildman–Crippen MR) is 94.8 cm³/mol. The highest BCUT2D eigenvalue weighted by Gasteiger charge is 2.34. The van der Waals surface area contributed by atoms with E-state index in [4.69, 9.17) is 4.74 Å². The fourth-order valence-corrected chi connectivity index (χ4v) is 3.06. The number of likely N-dealkylation sites (tertiary alicyclic amines) is 1. The van der Waals surface area contributed by atoms with Crippen LogP contribution in [0, 0.1) is 11.7 Å². The number of ether oxygens (including phenoxy) is 1. The summed E-state index contributed by atoms with van der Waals surface area (Å²) in [5.41, 5.74) is 1.38. The molecule has 0 bridgehead atoms. The summed E-state index contributed by atoms with van der Waals surface area (Å²) in [6, 6.07) is 13.8. The molecule has 1 fully saturated rings. The second-order valence-corrected chi connectivity index (χ2v) is 6.34. The normalized spacial score (nSPS) is 16.6. The molecule has 0 unspecified atom stereocenters. The Morgan fingerprint density at radius 3 is 2.85 bits per heavy atom. The van der Waals surface area contributed by atoms with E-state index in [0.717, 1.165) is 11.3 Å². The smallest absolute Gasteiger partial charge is 0.225 e. The molecule has 1 saturated heterocycles. The van der Waals surface area contributed by atoms with Crippen molar-refractivity contribution in [1.82, 2.24) is 10.2 Å². The van der Waals surface area contributed by atoms with Gasteiger partial charge in [-0.3, -0.25) is 9.59 Å². The molecule has 2 aromatic carbocycles. The molecule has 1 aliphatic rings. The minimum atomic E-state index is -0.417. The molecule has 5 nitrogen and oxygen atoms in total. The van der Waals surface area contributed by atoms with Crippen molar-refractivity contribution in [2.45, 2.75) is 19.5 Å². The molecule has 1 N–H and O–H groups in total. The molecular weight excluding hydrogens is 335 g/mol. The van der Waals surface area contributed by atoms with Crippen LogP contribution in [-0.4, -0.2) is 30.4 Å². The van der Waals surface area contributed by atoms with E-state index in [1.807, 2.05) is 24.3 Å². The number of carbonyl (C=O) groups is 2. The quantitative estimate of drug-likeness (QED) is 0.865. The lowest BCUT2D eigenvalue weighted by molar-refractivity contribution is -0.129. The van der Waals surface area contributed by atoms with Crippen LogP contribution in [0.15, 0.2) is 48.5 Å². The third-order valence-corrected chi connectivity index (χ3v) is 4.50. The summed E-state index contributed by atoms with van der Waals surface area (Å²) < 4.78 is 18.8. The van der Waals surface area contributed by atoms with Gasteiger partial charge in [-0.15, -0.1) is 0 Å². The van der Waals surface area contributed by atoms with Crippen molar-refractivity contribution in [3.05, 3.63) is 65.5 Å². The van der Waals surface area contributed by atoms with Gasteiger partial charge in [0.1, 0.15) is 11.6 Å². The van der Waals surface area contributed by atoms with E-state index in [1.54, 1.807) is 30.2 Å². The third-order valence-electron chi connectivity index (χ3n) is 4.50. The number of amides is 2. The van der Waals surface area contributed by atoms with E-state index < -0.39 is 5.92 Å². The Hall–Kier alpha value is -2.89. The fraction of sp³-hybridized carbons (Fsp3) is 0.300. The second-order valence-electron chi connectivity index (χ2n) is 6.34. The average Bonchev–Trinajstić information content (AvgIpc) is 3.01. The van der Waals surface area contributed by atoms with Gasteiger partial charge in [0.15, 0.2) is 0 Å². The maximum absolute atomic E-state index is 13.6. The van der Waals surface area contributed by atoms with E-state index >= 15 is 0 Å². The first kappa shape index (κ1) is 17.9. The van der Waals surface area contributed by atoms with Crippen LogP contribution in [0.3, 0.4) is 0 Å². The highest BCUT2D eigenvalue weighted by Crippen LogP contribution is 2.22. The van der Waals surface area contributed by atoms with Crippen LogP contribution in [-0.2, 0) is 22.7 Å². The Morgan fingerprint density at radius 1 is 1.27 bits per heavy atom. The number of rotatable bonds is 6. The van der Waals surface area contributed by atoms with Crippen LogP contribution in [0.4, 0.5) is 4.39 Å². The van der Waals surface area contributed by atoms with Crippen LogP contribution in [0.5, 0.6) is 5.75 Å². The Balaban J connectivity index is 1.56. The second kappa shape index (κ2) is 7.99. The summed E-state index contributed by atoms with van der Waals surface area (Å²) in [6.07, 6.45) is 0.174. The number of nitrogens with one attached hydrogen (secondary N) is 1. The molecule has 1 atom stereocenters. The molecule has 0 radical (unpaired) electrons. The van der Waals surface area contributed by atoms with Crippen LogP contribution in [0.2, 0.25) is 0 Å². The standard InChI is InChI=1S/C20H21FN2O3/c1-26-17-7-4-5-14(9-17)12-23-13-16(10-19(23)24)20(25)22-11-15-6-2-3-8-18(15)21/h2-9,16H,10-13H2,1H3,(H,22,25)/t16-/m0/s1. The number of methoxy groups -OCH3 is 1. The molecule has 3 rings (SSSR count). The number of benzene rings is 2. The van der Waals surface area contributed by atoms with Crippen molar-refractivity contribution in [2.75, 3.05) is 13.7 Å². The summed E-state index contributed by atoms with van der Waals surface area (Å²) in [7, 11) is 1.59. The summed E-state index contributed by atoms with van der Waals surface area (Å²) >= 11 is 0. The minimum absolute atomic E-state index is 0.0566. The predicted octanol–water partition coefficient (Wildman–Crippen LogP) is 2.50. The SMILES string of the molecule is COc1cccc(CN2C[C@@H](C(=O)NCc3ccccc3F)CC2=O)c1. The van der Waals surface area contributed by atoms with Crippen LogP contribution >= 0.6 is 0 Å². The molecule has 6 heteroatoms. The molecule has 0 aromatic heterocycles. The lowest BCUT2D eigenvalue weighted by Crippen LogP contribution is -2.32. The van der Waals surface area contributed by atoms with E-state index in [0.29, 0.717) is 18.7 Å². The van der Waals surface area contributed by atoms with E-state index in [1.165, 1.54) is 6.07 Å². The lowest BCUT2D eigenvalue weighted by atomic mass is 10.1. The van der Waals surface area contributed by atoms with Crippen molar-refractivity contribution in [3.63, 3.8) is 0 Å². The first-order valence-electron chi connectivity index (χ1n) is 8.48. The zero-order valence-corrected chi connectivity index (χ0v) is 14.6. The molecule has 0 aliphatic carbocycles. The molecule has 0 saturated carbocycles. The van der Waals surface area contributed by atoms with E-state index in [9.17, 15) is 14.0 Å². The summed E-state index contributed by atoms with van der Waals surface area (Å²) in [4.78, 5) is 26.2. The third kappa shape index (κ3) is 4.20. The van der Waals surface area contributed by atoms with Gasteiger partial charge in [-0.1, -0.05) is 30.3 Å². The zero-order valence-electron chi connectivity index (χ0n) is 14.6. The molecule has 2 aromatic rings. The Bertz CT molecular complexity index is 809. The molecule has 1 aliphatic heterocycles. The zero-order chi connectivity index (χ0) is 18.5. The van der Waals surface area contributed by atoms with Gasteiger partial charge in [0.05, 0.1) is 13.0 Å². The molecule has 2 amide bonds.